The number of nitrogens with zero attached hydrogens (tertiary/aromatic N) is 2. The Morgan fingerprint density at radius 2 is 1.86 bits per heavy atom. The van der Waals surface area contributed by atoms with Crippen LogP contribution in [0.25, 0.3) is 0 Å². The van der Waals surface area contributed by atoms with E-state index in [-0.39, 0.29) is 24.0 Å². The summed E-state index contributed by atoms with van der Waals surface area (Å²) in [4.78, 5) is 17.4. The van der Waals surface area contributed by atoms with Crippen LogP contribution >= 0.6 is 23.2 Å². The van der Waals surface area contributed by atoms with Gasteiger partial charge >= 0.3 is 0 Å². The predicted molar refractivity (Wildman–Crippen MR) is 191 cm³/mol. The standard InChI is InChI=1S/C37H40Cl2N4O6S/c1-22-33(13-14-35(41-22)42-27-5-3-4-6-27)50(45,46)43-19-26-17-34-37(2,18-25(26)16-31(43)36(40)44)48-21-32(49-34)24-8-10-28(11-9-24)47-20-23-7-12-29(38)30(39)15-23/h7-15,17,27,31-32H,3-6,16,18-21H2,1-2H3,(H2,40,44)(H,41,42)/t31-,32?,37?/m0/s1. The second-order valence-electron chi connectivity index (χ2n) is 13.6. The Labute approximate surface area is 302 Å². The lowest BCUT2D eigenvalue weighted by Crippen LogP contribution is -2.53. The van der Waals surface area contributed by atoms with Crippen LogP contribution in [-0.2, 0) is 30.9 Å². The van der Waals surface area contributed by atoms with Gasteiger partial charge in [0.05, 0.1) is 22.3 Å². The highest BCUT2D eigenvalue weighted by atomic mass is 35.5. The first-order valence-electron chi connectivity index (χ1n) is 16.9. The number of benzene rings is 2. The molecule has 13 heteroatoms. The molecule has 4 aliphatic rings. The number of carbonyl (C=O) groups is 1. The molecule has 3 atom stereocenters. The fraction of sp³-hybridized carbons (Fsp3) is 0.405. The molecule has 7 rings (SSSR count). The molecule has 3 heterocycles. The Morgan fingerprint density at radius 1 is 1.10 bits per heavy atom. The van der Waals surface area contributed by atoms with Crippen LogP contribution in [0.4, 0.5) is 5.82 Å². The third-order valence-corrected chi connectivity index (χ3v) is 12.8. The molecule has 1 amide bonds. The van der Waals surface area contributed by atoms with Crippen LogP contribution in [0.3, 0.4) is 0 Å². The number of amides is 1. The summed E-state index contributed by atoms with van der Waals surface area (Å²) in [7, 11) is -4.13. The molecule has 1 saturated carbocycles. The van der Waals surface area contributed by atoms with Crippen molar-refractivity contribution >= 4 is 45.0 Å². The van der Waals surface area contributed by atoms with Gasteiger partial charge in [0, 0.05) is 19.0 Å². The number of aryl methyl sites for hydroxylation is 1. The highest BCUT2D eigenvalue weighted by Gasteiger charge is 2.47. The number of pyridine rings is 1. The molecule has 0 bridgehead atoms. The van der Waals surface area contributed by atoms with Crippen LogP contribution in [-0.4, -0.2) is 54.5 Å². The molecule has 0 spiro atoms. The zero-order chi connectivity index (χ0) is 35.2. The van der Waals surface area contributed by atoms with Crippen LogP contribution < -0.4 is 15.8 Å². The van der Waals surface area contributed by atoms with E-state index >= 15 is 0 Å². The van der Waals surface area contributed by atoms with Crippen molar-refractivity contribution in [2.45, 2.75) is 87.7 Å². The maximum absolute atomic E-state index is 14.2. The Bertz CT molecular complexity index is 1980. The number of hydrogen-bond donors (Lipinski definition) is 2. The van der Waals surface area contributed by atoms with Gasteiger partial charge in [-0.3, -0.25) is 4.79 Å². The lowest BCUT2D eigenvalue weighted by Gasteiger charge is -2.45. The summed E-state index contributed by atoms with van der Waals surface area (Å²) < 4.78 is 48.4. The number of primary amides is 1. The molecule has 0 radical (unpaired) electrons. The number of hydrogen-bond acceptors (Lipinski definition) is 8. The van der Waals surface area contributed by atoms with E-state index in [1.807, 2.05) is 43.3 Å². The number of nitrogens with one attached hydrogen (secondary N) is 1. The average molecular weight is 740 g/mol. The van der Waals surface area contributed by atoms with E-state index < -0.39 is 27.6 Å². The van der Waals surface area contributed by atoms with Gasteiger partial charge in [-0.2, -0.15) is 4.31 Å². The summed E-state index contributed by atoms with van der Waals surface area (Å²) >= 11 is 12.1. The quantitative estimate of drug-likeness (QED) is 0.240. The molecule has 1 aromatic heterocycles. The van der Waals surface area contributed by atoms with Crippen LogP contribution in [0.1, 0.15) is 68.4 Å². The number of fused-ring (bicyclic) bond motifs is 1. The smallest absolute Gasteiger partial charge is 0.245 e. The Balaban J connectivity index is 1.07. The third-order valence-electron chi connectivity index (χ3n) is 10.1. The first kappa shape index (κ1) is 34.8. The summed E-state index contributed by atoms with van der Waals surface area (Å²) in [5.41, 5.74) is 8.96. The number of rotatable bonds is 9. The van der Waals surface area contributed by atoms with Gasteiger partial charge in [-0.1, -0.05) is 59.8 Å². The molecule has 2 unspecified atom stereocenters. The second-order valence-corrected chi connectivity index (χ2v) is 16.3. The Kier molecular flexibility index (Phi) is 9.64. The monoisotopic (exact) mass is 738 g/mol. The van der Waals surface area contributed by atoms with E-state index in [0.29, 0.717) is 58.7 Å². The highest BCUT2D eigenvalue weighted by molar-refractivity contribution is 7.89. The minimum atomic E-state index is -4.13. The van der Waals surface area contributed by atoms with Gasteiger partial charge < -0.3 is 25.3 Å². The Morgan fingerprint density at radius 3 is 2.56 bits per heavy atom. The molecular formula is C37H40Cl2N4O6S. The molecule has 2 aliphatic heterocycles. The zero-order valence-corrected chi connectivity index (χ0v) is 30.3. The van der Waals surface area contributed by atoms with E-state index in [4.69, 9.17) is 43.1 Å². The Hall–Kier alpha value is -3.61. The molecule has 50 heavy (non-hydrogen) atoms. The topological polar surface area (TPSA) is 133 Å². The number of aromatic nitrogens is 1. The average Bonchev–Trinajstić information content (AvgIpc) is 3.60. The molecule has 1 saturated heterocycles. The van der Waals surface area contributed by atoms with Crippen molar-refractivity contribution in [1.29, 1.82) is 0 Å². The van der Waals surface area contributed by atoms with Gasteiger partial charge in [-0.25, -0.2) is 13.4 Å². The molecule has 2 aromatic carbocycles. The van der Waals surface area contributed by atoms with Gasteiger partial charge in [-0.15, -0.1) is 0 Å². The number of halogens is 2. The van der Waals surface area contributed by atoms with E-state index in [2.05, 4.69) is 10.3 Å². The molecule has 2 aliphatic carbocycles. The fourth-order valence-corrected chi connectivity index (χ4v) is 9.32. The summed E-state index contributed by atoms with van der Waals surface area (Å²) in [6.45, 7) is 4.26. The van der Waals surface area contributed by atoms with Crippen molar-refractivity contribution in [2.75, 3.05) is 18.5 Å². The number of sulfonamides is 1. The maximum Gasteiger partial charge on any atom is 0.245 e. The van der Waals surface area contributed by atoms with E-state index in [0.717, 1.165) is 35.1 Å². The number of nitrogens with two attached hydrogens (primary N) is 1. The fourth-order valence-electron chi connectivity index (χ4n) is 7.26. The SMILES string of the molecule is Cc1nc(NC2CCCC2)ccc1S(=O)(=O)N1CC2=C(C[C@H]1C(N)=O)CC1(C)OCC(c3ccc(OCc4ccc(Cl)c(Cl)c4)cc3)OC1=C2. The summed E-state index contributed by atoms with van der Waals surface area (Å²) in [6, 6.07) is 15.6. The van der Waals surface area contributed by atoms with Crippen molar-refractivity contribution in [2.24, 2.45) is 5.73 Å². The third kappa shape index (κ3) is 6.98. The van der Waals surface area contributed by atoms with Crippen molar-refractivity contribution in [3.63, 3.8) is 0 Å². The maximum atomic E-state index is 14.2. The van der Waals surface area contributed by atoms with Crippen molar-refractivity contribution in [1.82, 2.24) is 9.29 Å². The highest BCUT2D eigenvalue weighted by Crippen LogP contribution is 2.46. The van der Waals surface area contributed by atoms with Gasteiger partial charge in [-0.05, 0) is 92.3 Å². The van der Waals surface area contributed by atoms with Gasteiger partial charge in [0.1, 0.15) is 46.6 Å². The van der Waals surface area contributed by atoms with E-state index in [9.17, 15) is 13.2 Å². The summed E-state index contributed by atoms with van der Waals surface area (Å²) in [6.07, 6.45) is 6.60. The van der Waals surface area contributed by atoms with E-state index in [1.165, 1.54) is 17.1 Å². The molecular weight excluding hydrogens is 699 g/mol. The van der Waals surface area contributed by atoms with Crippen LogP contribution in [0.15, 0.2) is 82.5 Å². The van der Waals surface area contributed by atoms with Gasteiger partial charge in [0.15, 0.2) is 0 Å². The number of carbonyl (C=O) groups excluding carboxylic acids is 1. The summed E-state index contributed by atoms with van der Waals surface area (Å²) in [5, 5.41) is 4.39. The minimum Gasteiger partial charge on any atom is -0.489 e. The van der Waals surface area contributed by atoms with Gasteiger partial charge in [0.25, 0.3) is 0 Å². The molecule has 10 nitrogen and oxygen atoms in total. The van der Waals surface area contributed by atoms with Crippen molar-refractivity contribution in [3.8, 4) is 5.75 Å². The molecule has 2 fully saturated rings. The molecule has 3 aromatic rings. The van der Waals surface area contributed by atoms with Crippen molar-refractivity contribution < 1.29 is 27.4 Å². The normalized spacial score (nSPS) is 24.2. The second kappa shape index (κ2) is 13.8. The molecule has 3 N–H and O–H groups in total. The number of anilines is 1. The number of ether oxygens (including phenoxy) is 3. The summed E-state index contributed by atoms with van der Waals surface area (Å²) in [5.74, 6) is 1.25. The van der Waals surface area contributed by atoms with Crippen LogP contribution in [0.2, 0.25) is 10.0 Å². The molecule has 264 valence electrons. The van der Waals surface area contributed by atoms with Crippen LogP contribution in [0, 0.1) is 6.92 Å². The largest absolute Gasteiger partial charge is 0.489 e. The first-order chi connectivity index (χ1) is 23.9. The van der Waals surface area contributed by atoms with Crippen molar-refractivity contribution in [3.05, 3.63) is 104 Å². The minimum absolute atomic E-state index is 0.0226. The lowest BCUT2D eigenvalue weighted by molar-refractivity contribution is -0.142. The van der Waals surface area contributed by atoms with Crippen LogP contribution in [0.5, 0.6) is 5.75 Å². The lowest BCUT2D eigenvalue weighted by atomic mass is 9.80. The first-order valence-corrected chi connectivity index (χ1v) is 19.0. The van der Waals surface area contributed by atoms with E-state index in [1.54, 1.807) is 31.2 Å². The zero-order valence-electron chi connectivity index (χ0n) is 28.0. The van der Waals surface area contributed by atoms with Gasteiger partial charge in [0.2, 0.25) is 15.9 Å². The predicted octanol–water partition coefficient (Wildman–Crippen LogP) is 7.01.